The van der Waals surface area contributed by atoms with Crippen LogP contribution in [-0.2, 0) is 0 Å². The first-order valence-electron chi connectivity index (χ1n) is 6.93. The predicted octanol–water partition coefficient (Wildman–Crippen LogP) is 2.60. The van der Waals surface area contributed by atoms with Gasteiger partial charge < -0.3 is 14.9 Å². The summed E-state index contributed by atoms with van der Waals surface area (Å²) in [5.74, 6) is -0.158. The maximum absolute atomic E-state index is 12.5. The zero-order chi connectivity index (χ0) is 14.7. The molecule has 4 nitrogen and oxygen atoms in total. The number of carbonyl (C=O) groups excluding carboxylic acids is 1. The van der Waals surface area contributed by atoms with E-state index in [9.17, 15) is 9.90 Å². The first-order valence-corrected chi connectivity index (χ1v) is 7.31. The smallest absolute Gasteiger partial charge is 0.257 e. The Bertz CT molecular complexity index is 491. The van der Waals surface area contributed by atoms with E-state index in [1.54, 1.807) is 12.1 Å². The second-order valence-electron chi connectivity index (χ2n) is 5.50. The van der Waals surface area contributed by atoms with Gasteiger partial charge in [0.05, 0.1) is 5.56 Å². The predicted molar refractivity (Wildman–Crippen MR) is 80.3 cm³/mol. The van der Waals surface area contributed by atoms with Gasteiger partial charge in [0, 0.05) is 24.2 Å². The van der Waals surface area contributed by atoms with Gasteiger partial charge in [0.25, 0.3) is 5.91 Å². The SMILES string of the molecule is CN(C)C1CCCN(C(=O)c2ccc(Cl)cc2O)CC1. The summed E-state index contributed by atoms with van der Waals surface area (Å²) in [6.07, 6.45) is 3.05. The van der Waals surface area contributed by atoms with E-state index in [0.29, 0.717) is 16.6 Å². The van der Waals surface area contributed by atoms with Crippen LogP contribution < -0.4 is 0 Å². The van der Waals surface area contributed by atoms with Crippen LogP contribution in [0.2, 0.25) is 5.02 Å². The molecule has 1 atom stereocenters. The minimum atomic E-state index is -0.112. The normalized spacial score (nSPS) is 20.0. The summed E-state index contributed by atoms with van der Waals surface area (Å²) in [7, 11) is 4.15. The van der Waals surface area contributed by atoms with Crippen molar-refractivity contribution in [2.24, 2.45) is 0 Å². The number of carbonyl (C=O) groups is 1. The second kappa shape index (κ2) is 6.46. The Hall–Kier alpha value is -1.26. The Morgan fingerprint density at radius 2 is 2.10 bits per heavy atom. The third-order valence-corrected chi connectivity index (χ3v) is 4.14. The number of aromatic hydroxyl groups is 1. The maximum Gasteiger partial charge on any atom is 0.257 e. The molecule has 1 heterocycles. The molecule has 0 spiro atoms. The van der Waals surface area contributed by atoms with Crippen LogP contribution >= 0.6 is 11.6 Å². The summed E-state index contributed by atoms with van der Waals surface area (Å²) in [6, 6.07) is 5.16. The lowest BCUT2D eigenvalue weighted by Gasteiger charge is -2.23. The number of phenolic OH excluding ortho intramolecular Hbond substituents is 1. The van der Waals surface area contributed by atoms with Crippen molar-refractivity contribution in [2.75, 3.05) is 27.2 Å². The second-order valence-corrected chi connectivity index (χ2v) is 5.94. The van der Waals surface area contributed by atoms with Crippen molar-refractivity contribution in [1.82, 2.24) is 9.80 Å². The van der Waals surface area contributed by atoms with Crippen molar-refractivity contribution in [3.05, 3.63) is 28.8 Å². The highest BCUT2D eigenvalue weighted by atomic mass is 35.5. The summed E-state index contributed by atoms with van der Waals surface area (Å²) in [5, 5.41) is 10.3. The molecule has 20 heavy (non-hydrogen) atoms. The van der Waals surface area contributed by atoms with Gasteiger partial charge in [0.15, 0.2) is 0 Å². The van der Waals surface area contributed by atoms with E-state index in [-0.39, 0.29) is 11.7 Å². The van der Waals surface area contributed by atoms with Crippen molar-refractivity contribution in [3.63, 3.8) is 0 Å². The van der Waals surface area contributed by atoms with Crippen molar-refractivity contribution in [3.8, 4) is 5.75 Å². The van der Waals surface area contributed by atoms with Gasteiger partial charge in [0.1, 0.15) is 5.75 Å². The standard InChI is InChI=1S/C15H21ClN2O2/c1-17(2)12-4-3-8-18(9-7-12)15(20)13-6-5-11(16)10-14(13)19/h5-6,10,12,19H,3-4,7-9H2,1-2H3. The zero-order valence-electron chi connectivity index (χ0n) is 12.0. The lowest BCUT2D eigenvalue weighted by Crippen LogP contribution is -2.33. The van der Waals surface area contributed by atoms with Crippen LogP contribution in [0.15, 0.2) is 18.2 Å². The summed E-state index contributed by atoms with van der Waals surface area (Å²) >= 11 is 5.80. The van der Waals surface area contributed by atoms with E-state index in [1.165, 1.54) is 6.07 Å². The highest BCUT2D eigenvalue weighted by molar-refractivity contribution is 6.30. The number of halogens is 1. The van der Waals surface area contributed by atoms with Gasteiger partial charge in [-0.15, -0.1) is 0 Å². The number of phenols is 1. The molecule has 0 aliphatic carbocycles. The van der Waals surface area contributed by atoms with E-state index in [1.807, 2.05) is 4.90 Å². The Morgan fingerprint density at radius 1 is 1.35 bits per heavy atom. The van der Waals surface area contributed by atoms with E-state index in [4.69, 9.17) is 11.6 Å². The largest absolute Gasteiger partial charge is 0.507 e. The Labute approximate surface area is 124 Å². The number of hydrogen-bond acceptors (Lipinski definition) is 3. The fourth-order valence-corrected chi connectivity index (χ4v) is 2.82. The van der Waals surface area contributed by atoms with Crippen molar-refractivity contribution < 1.29 is 9.90 Å². The van der Waals surface area contributed by atoms with E-state index < -0.39 is 0 Å². The number of benzene rings is 1. The molecule has 1 unspecified atom stereocenters. The molecule has 1 aliphatic heterocycles. The molecule has 1 saturated heterocycles. The molecule has 0 saturated carbocycles. The highest BCUT2D eigenvalue weighted by Crippen LogP contribution is 2.24. The monoisotopic (exact) mass is 296 g/mol. The van der Waals surface area contributed by atoms with Gasteiger partial charge in [-0.2, -0.15) is 0 Å². The van der Waals surface area contributed by atoms with Crippen molar-refractivity contribution in [2.45, 2.75) is 25.3 Å². The van der Waals surface area contributed by atoms with E-state index in [0.717, 1.165) is 32.4 Å². The summed E-state index contributed by atoms with van der Waals surface area (Å²) in [5.41, 5.74) is 0.331. The topological polar surface area (TPSA) is 43.8 Å². The van der Waals surface area contributed by atoms with Gasteiger partial charge in [-0.3, -0.25) is 4.79 Å². The third-order valence-electron chi connectivity index (χ3n) is 3.91. The van der Waals surface area contributed by atoms with Crippen molar-refractivity contribution in [1.29, 1.82) is 0 Å². The fourth-order valence-electron chi connectivity index (χ4n) is 2.65. The molecule has 2 rings (SSSR count). The molecule has 110 valence electrons. The van der Waals surface area contributed by atoms with E-state index in [2.05, 4.69) is 19.0 Å². The molecule has 0 aromatic heterocycles. The van der Waals surface area contributed by atoms with Crippen LogP contribution in [0.5, 0.6) is 5.75 Å². The minimum absolute atomic E-state index is 0.0455. The first kappa shape index (κ1) is 15.1. The van der Waals surface area contributed by atoms with Gasteiger partial charge in [-0.1, -0.05) is 11.6 Å². The average molecular weight is 297 g/mol. The summed E-state index contributed by atoms with van der Waals surface area (Å²) in [6.45, 7) is 1.47. The molecule has 1 aliphatic rings. The third kappa shape index (κ3) is 3.44. The molecule has 0 radical (unpaired) electrons. The lowest BCUT2D eigenvalue weighted by molar-refractivity contribution is 0.0755. The Kier molecular flexibility index (Phi) is 4.89. The number of amides is 1. The van der Waals surface area contributed by atoms with Gasteiger partial charge in [-0.25, -0.2) is 0 Å². The molecular weight excluding hydrogens is 276 g/mol. The quantitative estimate of drug-likeness (QED) is 0.912. The minimum Gasteiger partial charge on any atom is -0.507 e. The average Bonchev–Trinajstić information content (AvgIpc) is 2.63. The van der Waals surface area contributed by atoms with Crippen LogP contribution in [0, 0.1) is 0 Å². The molecule has 5 heteroatoms. The molecule has 1 aromatic carbocycles. The zero-order valence-corrected chi connectivity index (χ0v) is 12.7. The molecular formula is C15H21ClN2O2. The fraction of sp³-hybridized carbons (Fsp3) is 0.533. The molecule has 1 amide bonds. The van der Waals surface area contributed by atoms with Crippen molar-refractivity contribution >= 4 is 17.5 Å². The number of rotatable bonds is 2. The van der Waals surface area contributed by atoms with Gasteiger partial charge in [0.2, 0.25) is 0 Å². The number of likely N-dealkylation sites (tertiary alicyclic amines) is 1. The maximum atomic E-state index is 12.5. The number of nitrogens with zero attached hydrogens (tertiary/aromatic N) is 2. The highest BCUT2D eigenvalue weighted by Gasteiger charge is 2.24. The molecule has 1 N–H and O–H groups in total. The first-order chi connectivity index (χ1) is 9.49. The van der Waals surface area contributed by atoms with Crippen LogP contribution in [0.4, 0.5) is 0 Å². The van der Waals surface area contributed by atoms with E-state index >= 15 is 0 Å². The molecule has 0 bridgehead atoms. The molecule has 1 fully saturated rings. The van der Waals surface area contributed by atoms with Crippen LogP contribution in [0.25, 0.3) is 0 Å². The van der Waals surface area contributed by atoms with Crippen LogP contribution in [-0.4, -0.2) is 54.0 Å². The number of hydrogen-bond donors (Lipinski definition) is 1. The van der Waals surface area contributed by atoms with Gasteiger partial charge in [-0.05, 0) is 51.6 Å². The summed E-state index contributed by atoms with van der Waals surface area (Å²) in [4.78, 5) is 16.5. The lowest BCUT2D eigenvalue weighted by atomic mass is 10.1. The summed E-state index contributed by atoms with van der Waals surface area (Å²) < 4.78 is 0. The van der Waals surface area contributed by atoms with Gasteiger partial charge >= 0.3 is 0 Å². The molecule has 1 aromatic rings. The Balaban J connectivity index is 2.09. The van der Waals surface area contributed by atoms with Crippen LogP contribution in [0.1, 0.15) is 29.6 Å². The Morgan fingerprint density at radius 3 is 2.75 bits per heavy atom. The van der Waals surface area contributed by atoms with Crippen LogP contribution in [0.3, 0.4) is 0 Å².